The second-order valence-electron chi connectivity index (χ2n) is 3.93. The molecule has 0 aliphatic rings. The van der Waals surface area contributed by atoms with Gasteiger partial charge in [0.2, 0.25) is 0 Å². The van der Waals surface area contributed by atoms with Crippen LogP contribution in [0.2, 0.25) is 0 Å². The fourth-order valence-electron chi connectivity index (χ4n) is 1.49. The fourth-order valence-corrected chi connectivity index (χ4v) is 1.49. The smallest absolute Gasteiger partial charge is 0.322 e. The Hall–Kier alpha value is -1.55. The highest BCUT2D eigenvalue weighted by Crippen LogP contribution is 2.11. The van der Waals surface area contributed by atoms with Gasteiger partial charge in [0, 0.05) is 6.54 Å². The third-order valence-corrected chi connectivity index (χ3v) is 2.49. The zero-order chi connectivity index (χ0) is 13.4. The zero-order valence-corrected chi connectivity index (χ0v) is 11.2. The van der Waals surface area contributed by atoms with Gasteiger partial charge < -0.3 is 14.8 Å². The van der Waals surface area contributed by atoms with Gasteiger partial charge in [0.25, 0.3) is 0 Å². The van der Waals surface area contributed by atoms with Crippen LogP contribution in [0.4, 0.5) is 0 Å². The van der Waals surface area contributed by atoms with Gasteiger partial charge in [-0.15, -0.1) is 0 Å². The first-order chi connectivity index (χ1) is 8.67. The highest BCUT2D eigenvalue weighted by molar-refractivity contribution is 5.75. The second kappa shape index (κ2) is 7.71. The minimum absolute atomic E-state index is 0.219. The number of hydrogen-bond acceptors (Lipinski definition) is 4. The van der Waals surface area contributed by atoms with Crippen molar-refractivity contribution >= 4 is 5.97 Å². The van der Waals surface area contributed by atoms with Crippen molar-refractivity contribution in [2.24, 2.45) is 0 Å². The average molecular weight is 251 g/mol. The lowest BCUT2D eigenvalue weighted by Gasteiger charge is -2.12. The second-order valence-corrected chi connectivity index (χ2v) is 3.93. The summed E-state index contributed by atoms with van der Waals surface area (Å²) in [4.78, 5) is 11.4. The van der Waals surface area contributed by atoms with Gasteiger partial charge in [-0.05, 0) is 38.5 Å². The quantitative estimate of drug-likeness (QED) is 0.754. The van der Waals surface area contributed by atoms with Gasteiger partial charge in [0.15, 0.2) is 0 Å². The van der Waals surface area contributed by atoms with Gasteiger partial charge in [0.05, 0.1) is 13.2 Å². The van der Waals surface area contributed by atoms with E-state index in [0.29, 0.717) is 19.8 Å². The Labute approximate surface area is 108 Å². The molecule has 1 rings (SSSR count). The Bertz CT molecular complexity index is 362. The molecule has 0 spiro atoms. The van der Waals surface area contributed by atoms with E-state index < -0.39 is 0 Å². The number of hydrogen-bond donors (Lipinski definition) is 1. The van der Waals surface area contributed by atoms with Crippen molar-refractivity contribution in [1.82, 2.24) is 5.32 Å². The summed E-state index contributed by atoms with van der Waals surface area (Å²) in [6.07, 6.45) is 0. The highest BCUT2D eigenvalue weighted by atomic mass is 16.5. The molecule has 0 aliphatic carbocycles. The molecule has 0 bridgehead atoms. The van der Waals surface area contributed by atoms with Crippen molar-refractivity contribution in [3.05, 3.63) is 29.8 Å². The molecular formula is C14H21NO3. The predicted octanol–water partition coefficient (Wildman–Crippen LogP) is 2.13. The van der Waals surface area contributed by atoms with E-state index in [1.165, 1.54) is 0 Å². The van der Waals surface area contributed by atoms with Crippen LogP contribution >= 0.6 is 0 Å². The van der Waals surface area contributed by atoms with Crippen LogP contribution in [0.15, 0.2) is 24.3 Å². The maximum absolute atomic E-state index is 11.4. The molecule has 4 heteroatoms. The Morgan fingerprint density at radius 3 is 2.44 bits per heavy atom. The molecule has 1 aromatic carbocycles. The van der Waals surface area contributed by atoms with E-state index in [2.05, 4.69) is 5.32 Å². The number of rotatable bonds is 7. The third kappa shape index (κ3) is 4.75. The molecule has 1 unspecified atom stereocenters. The van der Waals surface area contributed by atoms with Gasteiger partial charge >= 0.3 is 5.97 Å². The van der Waals surface area contributed by atoms with E-state index in [0.717, 1.165) is 11.3 Å². The Kier molecular flexibility index (Phi) is 6.22. The third-order valence-electron chi connectivity index (χ3n) is 2.49. The molecule has 18 heavy (non-hydrogen) atoms. The van der Waals surface area contributed by atoms with Crippen molar-refractivity contribution in [3.63, 3.8) is 0 Å². The van der Waals surface area contributed by atoms with Crippen molar-refractivity contribution in [1.29, 1.82) is 0 Å². The maximum Gasteiger partial charge on any atom is 0.322 e. The molecule has 0 saturated carbocycles. The van der Waals surface area contributed by atoms with Crippen LogP contribution < -0.4 is 10.1 Å². The molecule has 1 atom stereocenters. The minimum Gasteiger partial charge on any atom is -0.494 e. The van der Waals surface area contributed by atoms with Crippen LogP contribution in [0.25, 0.3) is 0 Å². The number of carbonyl (C=O) groups is 1. The molecular weight excluding hydrogens is 230 g/mol. The van der Waals surface area contributed by atoms with Crippen molar-refractivity contribution in [3.8, 4) is 5.75 Å². The van der Waals surface area contributed by atoms with Crippen molar-refractivity contribution in [2.45, 2.75) is 33.4 Å². The number of ether oxygens (including phenoxy) is 2. The van der Waals surface area contributed by atoms with Crippen LogP contribution in [0.3, 0.4) is 0 Å². The summed E-state index contributed by atoms with van der Waals surface area (Å²) in [5.41, 5.74) is 1.11. The van der Waals surface area contributed by atoms with Gasteiger partial charge in [-0.25, -0.2) is 0 Å². The first-order valence-electron chi connectivity index (χ1n) is 6.29. The summed E-state index contributed by atoms with van der Waals surface area (Å²) in [7, 11) is 0. The summed E-state index contributed by atoms with van der Waals surface area (Å²) in [6, 6.07) is 7.52. The standard InChI is InChI=1S/C14H21NO3/c1-4-17-13-8-6-12(7-9-13)10-15-11(3)14(16)18-5-2/h6-9,11,15H,4-5,10H2,1-3H3. The van der Waals surface area contributed by atoms with Gasteiger partial charge in [-0.3, -0.25) is 4.79 Å². The monoisotopic (exact) mass is 251 g/mol. The number of benzene rings is 1. The van der Waals surface area contributed by atoms with Gasteiger partial charge in [0.1, 0.15) is 11.8 Å². The minimum atomic E-state index is -0.295. The number of nitrogens with one attached hydrogen (secondary N) is 1. The topological polar surface area (TPSA) is 47.6 Å². The summed E-state index contributed by atoms with van der Waals surface area (Å²) in [5, 5.41) is 3.12. The molecule has 0 fully saturated rings. The lowest BCUT2D eigenvalue weighted by Crippen LogP contribution is -2.34. The first kappa shape index (κ1) is 14.5. The maximum atomic E-state index is 11.4. The van der Waals surface area contributed by atoms with Crippen LogP contribution in [0, 0.1) is 0 Å². The summed E-state index contributed by atoms with van der Waals surface area (Å²) in [5.74, 6) is 0.642. The Morgan fingerprint density at radius 1 is 1.22 bits per heavy atom. The average Bonchev–Trinajstić information content (AvgIpc) is 2.38. The lowest BCUT2D eigenvalue weighted by atomic mass is 10.2. The van der Waals surface area contributed by atoms with Crippen LogP contribution in [-0.2, 0) is 16.1 Å². The molecule has 100 valence electrons. The highest BCUT2D eigenvalue weighted by Gasteiger charge is 2.12. The Morgan fingerprint density at radius 2 is 1.89 bits per heavy atom. The van der Waals surface area contributed by atoms with Gasteiger partial charge in [-0.2, -0.15) is 0 Å². The lowest BCUT2D eigenvalue weighted by molar-refractivity contribution is -0.145. The van der Waals surface area contributed by atoms with Crippen molar-refractivity contribution in [2.75, 3.05) is 13.2 Å². The van der Waals surface area contributed by atoms with Gasteiger partial charge in [-0.1, -0.05) is 12.1 Å². The molecule has 0 heterocycles. The normalized spacial score (nSPS) is 11.9. The van der Waals surface area contributed by atoms with Crippen LogP contribution in [0.1, 0.15) is 26.3 Å². The largest absolute Gasteiger partial charge is 0.494 e. The SMILES string of the molecule is CCOC(=O)C(C)NCc1ccc(OCC)cc1. The van der Waals surface area contributed by atoms with Crippen LogP contribution in [0.5, 0.6) is 5.75 Å². The molecule has 0 saturated heterocycles. The molecule has 0 amide bonds. The zero-order valence-electron chi connectivity index (χ0n) is 11.2. The summed E-state index contributed by atoms with van der Waals surface area (Å²) < 4.78 is 10.3. The van der Waals surface area contributed by atoms with E-state index >= 15 is 0 Å². The molecule has 1 N–H and O–H groups in total. The molecule has 0 aliphatic heterocycles. The molecule has 0 aromatic heterocycles. The summed E-state index contributed by atoms with van der Waals surface area (Å²) in [6.45, 7) is 7.26. The molecule has 0 radical (unpaired) electrons. The molecule has 4 nitrogen and oxygen atoms in total. The predicted molar refractivity (Wildman–Crippen MR) is 70.5 cm³/mol. The first-order valence-corrected chi connectivity index (χ1v) is 6.29. The van der Waals surface area contributed by atoms with E-state index in [1.54, 1.807) is 13.8 Å². The van der Waals surface area contributed by atoms with E-state index in [-0.39, 0.29) is 12.0 Å². The number of esters is 1. The number of carbonyl (C=O) groups excluding carboxylic acids is 1. The molecule has 1 aromatic rings. The van der Waals surface area contributed by atoms with E-state index in [4.69, 9.17) is 9.47 Å². The van der Waals surface area contributed by atoms with Crippen molar-refractivity contribution < 1.29 is 14.3 Å². The Balaban J connectivity index is 2.41. The van der Waals surface area contributed by atoms with E-state index in [1.807, 2.05) is 31.2 Å². The van der Waals surface area contributed by atoms with E-state index in [9.17, 15) is 4.79 Å². The summed E-state index contributed by atoms with van der Waals surface area (Å²) >= 11 is 0. The van der Waals surface area contributed by atoms with Crippen LogP contribution in [-0.4, -0.2) is 25.2 Å². The fraction of sp³-hybridized carbons (Fsp3) is 0.500.